The lowest BCUT2D eigenvalue weighted by molar-refractivity contribution is 0.178. The van der Waals surface area contributed by atoms with E-state index in [-0.39, 0.29) is 10.5 Å². The van der Waals surface area contributed by atoms with Gasteiger partial charge >= 0.3 is 0 Å². The molecule has 33 heavy (non-hydrogen) atoms. The fourth-order valence-corrected chi connectivity index (χ4v) is 5.66. The third-order valence-electron chi connectivity index (χ3n) is 6.05. The minimum absolute atomic E-state index is 0.158. The molecule has 5 rings (SSSR count). The molecular weight excluding hydrogens is 444 g/mol. The second kappa shape index (κ2) is 8.77. The minimum Gasteiger partial charge on any atom is -0.490 e. The van der Waals surface area contributed by atoms with Crippen LogP contribution in [0.15, 0.2) is 46.1 Å². The molecule has 2 aliphatic rings. The first kappa shape index (κ1) is 21.9. The Hall–Kier alpha value is -2.95. The number of hydrogen-bond acceptors (Lipinski definition) is 7. The van der Waals surface area contributed by atoms with Crippen LogP contribution in [0.3, 0.4) is 0 Å². The van der Waals surface area contributed by atoms with Gasteiger partial charge in [-0.25, -0.2) is 13.4 Å². The Morgan fingerprint density at radius 3 is 2.58 bits per heavy atom. The molecular formula is C23H26N4O5S. The van der Waals surface area contributed by atoms with Gasteiger partial charge in [-0.3, -0.25) is 9.69 Å². The van der Waals surface area contributed by atoms with Crippen LogP contribution in [0, 0.1) is 6.92 Å². The van der Waals surface area contributed by atoms with Gasteiger partial charge in [0.2, 0.25) is 10.0 Å². The average Bonchev–Trinajstić information content (AvgIpc) is 3.05. The smallest absolute Gasteiger partial charge is 0.258 e. The highest BCUT2D eigenvalue weighted by Crippen LogP contribution is 2.33. The standard InChI is InChI=1S/C23H26N4O5S/c1-16-4-2-5-18-22(16)24-21(25-23(18)28)15-26-8-10-27(11-9-26)33(29,30)17-6-7-19-20(14-17)32-13-3-12-31-19/h2,4-7,14H,3,8-13,15H2,1H3,(H,24,25,28). The predicted molar refractivity (Wildman–Crippen MR) is 123 cm³/mol. The number of aryl methyl sites for hydroxylation is 1. The highest BCUT2D eigenvalue weighted by atomic mass is 32.2. The van der Waals surface area contributed by atoms with Crippen molar-refractivity contribution >= 4 is 20.9 Å². The molecule has 10 heteroatoms. The molecule has 2 aromatic carbocycles. The summed E-state index contributed by atoms with van der Waals surface area (Å²) in [7, 11) is -3.65. The van der Waals surface area contributed by atoms with E-state index in [1.165, 1.54) is 4.31 Å². The minimum atomic E-state index is -3.65. The van der Waals surface area contributed by atoms with Crippen molar-refractivity contribution in [3.63, 3.8) is 0 Å². The number of rotatable bonds is 4. The number of nitrogens with zero attached hydrogens (tertiary/aromatic N) is 3. The van der Waals surface area contributed by atoms with E-state index in [2.05, 4.69) is 14.9 Å². The van der Waals surface area contributed by atoms with Gasteiger partial charge in [0.25, 0.3) is 5.56 Å². The first-order chi connectivity index (χ1) is 15.9. The first-order valence-electron chi connectivity index (χ1n) is 11.0. The molecule has 1 fully saturated rings. The maximum Gasteiger partial charge on any atom is 0.258 e. The van der Waals surface area contributed by atoms with Gasteiger partial charge in [0.05, 0.1) is 35.6 Å². The zero-order valence-electron chi connectivity index (χ0n) is 18.4. The summed E-state index contributed by atoms with van der Waals surface area (Å²) in [5, 5.41) is 0.574. The number of benzene rings is 2. The molecule has 0 atom stereocenters. The third-order valence-corrected chi connectivity index (χ3v) is 7.94. The van der Waals surface area contributed by atoms with Crippen molar-refractivity contribution in [2.45, 2.75) is 24.8 Å². The number of fused-ring (bicyclic) bond motifs is 2. The van der Waals surface area contributed by atoms with E-state index in [1.807, 2.05) is 19.1 Å². The Labute approximate surface area is 192 Å². The normalized spacial score (nSPS) is 17.7. The van der Waals surface area contributed by atoms with Crippen LogP contribution in [0.1, 0.15) is 17.8 Å². The van der Waals surface area contributed by atoms with Gasteiger partial charge in [0.1, 0.15) is 5.82 Å². The monoisotopic (exact) mass is 470 g/mol. The highest BCUT2D eigenvalue weighted by molar-refractivity contribution is 7.89. The molecule has 0 amide bonds. The lowest BCUT2D eigenvalue weighted by Gasteiger charge is -2.33. The van der Waals surface area contributed by atoms with Crippen molar-refractivity contribution < 1.29 is 17.9 Å². The van der Waals surface area contributed by atoms with Gasteiger partial charge in [0.15, 0.2) is 11.5 Å². The summed E-state index contributed by atoms with van der Waals surface area (Å²) in [5.74, 6) is 1.62. The summed E-state index contributed by atoms with van der Waals surface area (Å²) in [6.45, 7) is 5.23. The van der Waals surface area contributed by atoms with Gasteiger partial charge in [-0.05, 0) is 30.7 Å². The molecule has 0 spiro atoms. The summed E-state index contributed by atoms with van der Waals surface area (Å²) in [6, 6.07) is 10.3. The van der Waals surface area contributed by atoms with Crippen molar-refractivity contribution in [1.29, 1.82) is 0 Å². The summed E-state index contributed by atoms with van der Waals surface area (Å²) < 4.78 is 39.2. The molecule has 0 saturated carbocycles. The van der Waals surface area contributed by atoms with Crippen LogP contribution >= 0.6 is 0 Å². The summed E-state index contributed by atoms with van der Waals surface area (Å²) >= 11 is 0. The Kier molecular flexibility index (Phi) is 5.81. The van der Waals surface area contributed by atoms with E-state index < -0.39 is 10.0 Å². The molecule has 3 heterocycles. The van der Waals surface area contributed by atoms with E-state index in [0.717, 1.165) is 12.0 Å². The molecule has 3 aromatic rings. The molecule has 174 valence electrons. The van der Waals surface area contributed by atoms with Crippen LogP contribution < -0.4 is 15.0 Å². The van der Waals surface area contributed by atoms with E-state index in [9.17, 15) is 13.2 Å². The zero-order valence-corrected chi connectivity index (χ0v) is 19.2. The van der Waals surface area contributed by atoms with Crippen molar-refractivity contribution in [2.24, 2.45) is 0 Å². The number of aromatic amines is 1. The Bertz CT molecular complexity index is 1350. The highest BCUT2D eigenvalue weighted by Gasteiger charge is 2.30. The Morgan fingerprint density at radius 1 is 1.03 bits per heavy atom. The molecule has 0 unspecified atom stereocenters. The summed E-state index contributed by atoms with van der Waals surface area (Å²) in [4.78, 5) is 22.2. The maximum atomic E-state index is 13.2. The maximum absolute atomic E-state index is 13.2. The van der Waals surface area contributed by atoms with Gasteiger partial charge in [0, 0.05) is 38.7 Å². The second-order valence-electron chi connectivity index (χ2n) is 8.32. The summed E-state index contributed by atoms with van der Waals surface area (Å²) in [5.41, 5.74) is 1.49. The third kappa shape index (κ3) is 4.33. The topological polar surface area (TPSA) is 105 Å². The van der Waals surface area contributed by atoms with Crippen LogP contribution in [0.25, 0.3) is 10.9 Å². The van der Waals surface area contributed by atoms with E-state index >= 15 is 0 Å². The lowest BCUT2D eigenvalue weighted by Crippen LogP contribution is -2.48. The first-order valence-corrected chi connectivity index (χ1v) is 12.5. The van der Waals surface area contributed by atoms with E-state index in [0.29, 0.717) is 74.2 Å². The van der Waals surface area contributed by atoms with Crippen LogP contribution in [-0.4, -0.2) is 67.0 Å². The number of sulfonamides is 1. The number of hydrogen-bond donors (Lipinski definition) is 1. The largest absolute Gasteiger partial charge is 0.490 e. The van der Waals surface area contributed by atoms with Crippen LogP contribution in [0.4, 0.5) is 0 Å². The molecule has 2 aliphatic heterocycles. The number of aromatic nitrogens is 2. The molecule has 1 saturated heterocycles. The van der Waals surface area contributed by atoms with Crippen LogP contribution in [-0.2, 0) is 16.6 Å². The zero-order chi connectivity index (χ0) is 23.0. The van der Waals surface area contributed by atoms with Gasteiger partial charge in [-0.2, -0.15) is 4.31 Å². The van der Waals surface area contributed by atoms with Crippen LogP contribution in [0.2, 0.25) is 0 Å². The van der Waals surface area contributed by atoms with E-state index in [4.69, 9.17) is 9.47 Å². The molecule has 0 aliphatic carbocycles. The molecule has 0 radical (unpaired) electrons. The van der Waals surface area contributed by atoms with E-state index in [1.54, 1.807) is 24.3 Å². The molecule has 9 nitrogen and oxygen atoms in total. The predicted octanol–water partition coefficient (Wildman–Crippen LogP) is 1.90. The van der Waals surface area contributed by atoms with Crippen molar-refractivity contribution in [3.8, 4) is 11.5 Å². The van der Waals surface area contributed by atoms with Crippen LogP contribution in [0.5, 0.6) is 11.5 Å². The quantitative estimate of drug-likeness (QED) is 0.621. The number of nitrogens with one attached hydrogen (secondary N) is 1. The fourth-order valence-electron chi connectivity index (χ4n) is 4.22. The number of piperazine rings is 1. The Morgan fingerprint density at radius 2 is 1.79 bits per heavy atom. The molecule has 1 aromatic heterocycles. The van der Waals surface area contributed by atoms with Gasteiger partial charge < -0.3 is 14.5 Å². The number of para-hydroxylation sites is 1. The second-order valence-corrected chi connectivity index (χ2v) is 10.3. The van der Waals surface area contributed by atoms with Crippen molar-refractivity contribution in [2.75, 3.05) is 39.4 Å². The fraction of sp³-hybridized carbons (Fsp3) is 0.391. The Balaban J connectivity index is 1.28. The molecule has 1 N–H and O–H groups in total. The van der Waals surface area contributed by atoms with Crippen molar-refractivity contribution in [3.05, 3.63) is 58.1 Å². The molecule has 0 bridgehead atoms. The lowest BCUT2D eigenvalue weighted by atomic mass is 10.1. The van der Waals surface area contributed by atoms with Gasteiger partial charge in [-0.1, -0.05) is 12.1 Å². The SMILES string of the molecule is Cc1cccc2c(=O)[nH]c(CN3CCN(S(=O)(=O)c4ccc5c(c4)OCCCO5)CC3)nc12. The number of H-pyrrole nitrogens is 1. The van der Waals surface area contributed by atoms with Gasteiger partial charge in [-0.15, -0.1) is 0 Å². The van der Waals surface area contributed by atoms with Crippen molar-refractivity contribution in [1.82, 2.24) is 19.2 Å². The average molecular weight is 471 g/mol. The summed E-state index contributed by atoms with van der Waals surface area (Å²) in [6.07, 6.45) is 0.760. The number of ether oxygens (including phenoxy) is 2.